The Kier molecular flexibility index (Phi) is 4.97. The molecule has 1 aliphatic carbocycles. The lowest BCUT2D eigenvalue weighted by Gasteiger charge is -2.32. The fraction of sp³-hybridized carbons (Fsp3) is 0.533. The van der Waals surface area contributed by atoms with E-state index in [1.807, 2.05) is 0 Å². The van der Waals surface area contributed by atoms with Crippen molar-refractivity contribution < 1.29 is 14.3 Å². The van der Waals surface area contributed by atoms with Gasteiger partial charge in [0.05, 0.1) is 6.07 Å². The van der Waals surface area contributed by atoms with Crippen LogP contribution in [0, 0.1) is 11.3 Å². The van der Waals surface area contributed by atoms with E-state index in [4.69, 9.17) is 4.74 Å². The molecular formula is C15H18N2O3S. The van der Waals surface area contributed by atoms with Gasteiger partial charge in [-0.15, -0.1) is 11.3 Å². The highest BCUT2D eigenvalue weighted by Crippen LogP contribution is 2.27. The Morgan fingerprint density at radius 1 is 1.43 bits per heavy atom. The fourth-order valence-corrected chi connectivity index (χ4v) is 3.03. The zero-order valence-corrected chi connectivity index (χ0v) is 12.7. The van der Waals surface area contributed by atoms with Gasteiger partial charge in [0.15, 0.2) is 6.10 Å². The van der Waals surface area contributed by atoms with E-state index in [1.165, 1.54) is 18.3 Å². The molecule has 0 radical (unpaired) electrons. The molecule has 1 fully saturated rings. The number of ether oxygens (including phenoxy) is 1. The number of esters is 1. The summed E-state index contributed by atoms with van der Waals surface area (Å²) in [7, 11) is 0. The van der Waals surface area contributed by atoms with Crippen LogP contribution in [0.25, 0.3) is 0 Å². The van der Waals surface area contributed by atoms with Crippen LogP contribution in [0.2, 0.25) is 0 Å². The van der Waals surface area contributed by atoms with E-state index in [0.29, 0.717) is 17.7 Å². The van der Waals surface area contributed by atoms with Crippen molar-refractivity contribution in [2.45, 2.75) is 50.7 Å². The van der Waals surface area contributed by atoms with Crippen molar-refractivity contribution in [2.75, 3.05) is 0 Å². The van der Waals surface area contributed by atoms with E-state index < -0.39 is 23.5 Å². The van der Waals surface area contributed by atoms with Crippen LogP contribution in [0.15, 0.2) is 17.5 Å². The first-order valence-corrected chi connectivity index (χ1v) is 7.92. The molecule has 1 atom stereocenters. The Morgan fingerprint density at radius 3 is 2.71 bits per heavy atom. The van der Waals surface area contributed by atoms with Gasteiger partial charge in [0.1, 0.15) is 10.4 Å². The summed E-state index contributed by atoms with van der Waals surface area (Å²) in [5.74, 6) is -0.925. The lowest BCUT2D eigenvalue weighted by molar-refractivity contribution is -0.130. The first-order valence-electron chi connectivity index (χ1n) is 7.04. The molecule has 5 nitrogen and oxygen atoms in total. The Hall–Kier alpha value is -1.87. The number of carbonyl (C=O) groups is 2. The first kappa shape index (κ1) is 15.5. The Labute approximate surface area is 127 Å². The van der Waals surface area contributed by atoms with Crippen LogP contribution in [-0.2, 0) is 9.53 Å². The molecule has 1 amide bonds. The molecule has 0 bridgehead atoms. The summed E-state index contributed by atoms with van der Waals surface area (Å²) < 4.78 is 5.14. The molecule has 1 aromatic rings. The van der Waals surface area contributed by atoms with Crippen molar-refractivity contribution >= 4 is 23.2 Å². The highest BCUT2D eigenvalue weighted by molar-refractivity contribution is 7.11. The molecule has 21 heavy (non-hydrogen) atoms. The highest BCUT2D eigenvalue weighted by atomic mass is 32.1. The van der Waals surface area contributed by atoms with Crippen LogP contribution >= 0.6 is 11.3 Å². The van der Waals surface area contributed by atoms with Crippen molar-refractivity contribution in [1.29, 1.82) is 5.26 Å². The summed E-state index contributed by atoms with van der Waals surface area (Å²) in [4.78, 5) is 24.4. The Balaban J connectivity index is 1.93. The largest absolute Gasteiger partial charge is 0.448 e. The second-order valence-corrected chi connectivity index (χ2v) is 6.22. The van der Waals surface area contributed by atoms with Gasteiger partial charge in [-0.3, -0.25) is 4.79 Å². The average Bonchev–Trinajstić information content (AvgIpc) is 3.02. The fourth-order valence-electron chi connectivity index (χ4n) is 2.42. The number of hydrogen-bond acceptors (Lipinski definition) is 5. The predicted molar refractivity (Wildman–Crippen MR) is 78.8 cm³/mol. The van der Waals surface area contributed by atoms with E-state index in [9.17, 15) is 14.9 Å². The van der Waals surface area contributed by atoms with Gasteiger partial charge in [0.2, 0.25) is 0 Å². The summed E-state index contributed by atoms with van der Waals surface area (Å²) >= 11 is 1.27. The molecule has 1 N–H and O–H groups in total. The number of hydrogen-bond donors (Lipinski definition) is 1. The number of thiophene rings is 1. The minimum atomic E-state index is -0.910. The predicted octanol–water partition coefficient (Wildman–Crippen LogP) is 2.64. The quantitative estimate of drug-likeness (QED) is 0.867. The minimum Gasteiger partial charge on any atom is -0.448 e. The number of carbonyl (C=O) groups excluding carboxylic acids is 2. The molecule has 112 valence electrons. The third-order valence-corrected chi connectivity index (χ3v) is 4.51. The number of nitrogens with zero attached hydrogens (tertiary/aromatic N) is 1. The average molecular weight is 306 g/mol. The second-order valence-electron chi connectivity index (χ2n) is 5.27. The zero-order chi connectivity index (χ0) is 15.3. The standard InChI is InChI=1S/C15H18N2O3S/c1-11(20-14(19)12-6-5-9-21-12)13(18)17-15(10-16)7-3-2-4-8-15/h5-6,9,11H,2-4,7-8H2,1H3,(H,17,18)/t11-/m0/s1. The first-order chi connectivity index (χ1) is 10.1. The van der Waals surface area contributed by atoms with E-state index in [1.54, 1.807) is 17.5 Å². The van der Waals surface area contributed by atoms with Crippen molar-refractivity contribution in [3.05, 3.63) is 22.4 Å². The molecule has 0 spiro atoms. The topological polar surface area (TPSA) is 79.2 Å². The lowest BCUT2D eigenvalue weighted by Crippen LogP contribution is -2.52. The van der Waals surface area contributed by atoms with E-state index >= 15 is 0 Å². The van der Waals surface area contributed by atoms with Crippen molar-refractivity contribution in [2.24, 2.45) is 0 Å². The molecular weight excluding hydrogens is 288 g/mol. The van der Waals surface area contributed by atoms with Crippen molar-refractivity contribution in [1.82, 2.24) is 5.32 Å². The molecule has 1 aromatic heterocycles. The summed E-state index contributed by atoms with van der Waals surface area (Å²) in [5, 5.41) is 13.9. The molecule has 1 heterocycles. The van der Waals surface area contributed by atoms with Crippen molar-refractivity contribution in [3.8, 4) is 6.07 Å². The number of nitrogens with one attached hydrogen (secondary N) is 1. The summed E-state index contributed by atoms with van der Waals surface area (Å²) in [5.41, 5.74) is -0.807. The molecule has 0 aliphatic heterocycles. The van der Waals surface area contributed by atoms with Gasteiger partial charge in [0, 0.05) is 0 Å². The van der Waals surface area contributed by atoms with Crippen LogP contribution in [-0.4, -0.2) is 23.5 Å². The van der Waals surface area contributed by atoms with Crippen molar-refractivity contribution in [3.63, 3.8) is 0 Å². The van der Waals surface area contributed by atoms with Gasteiger partial charge in [-0.05, 0) is 31.2 Å². The number of nitriles is 1. The maximum Gasteiger partial charge on any atom is 0.349 e. The van der Waals surface area contributed by atoms with Crippen LogP contribution in [0.1, 0.15) is 48.7 Å². The van der Waals surface area contributed by atoms with Crippen LogP contribution in [0.4, 0.5) is 0 Å². The van der Waals surface area contributed by atoms with Gasteiger partial charge in [0.25, 0.3) is 5.91 Å². The third-order valence-electron chi connectivity index (χ3n) is 3.66. The van der Waals surface area contributed by atoms with E-state index in [2.05, 4.69) is 11.4 Å². The number of rotatable bonds is 4. The molecule has 6 heteroatoms. The zero-order valence-electron chi connectivity index (χ0n) is 11.9. The van der Waals surface area contributed by atoms with Crippen LogP contribution < -0.4 is 5.32 Å². The monoisotopic (exact) mass is 306 g/mol. The van der Waals surface area contributed by atoms with E-state index in [-0.39, 0.29) is 0 Å². The van der Waals surface area contributed by atoms with Gasteiger partial charge in [-0.1, -0.05) is 25.3 Å². The van der Waals surface area contributed by atoms with Gasteiger partial charge >= 0.3 is 5.97 Å². The smallest absolute Gasteiger partial charge is 0.349 e. The molecule has 1 aliphatic rings. The Bertz CT molecular complexity index is 542. The SMILES string of the molecule is C[C@H](OC(=O)c1cccs1)C(=O)NC1(C#N)CCCCC1. The molecule has 0 aromatic carbocycles. The summed E-state index contributed by atoms with van der Waals surface area (Å²) in [6.07, 6.45) is 3.34. The van der Waals surface area contributed by atoms with Gasteiger partial charge in [-0.25, -0.2) is 4.79 Å². The van der Waals surface area contributed by atoms with Gasteiger partial charge in [-0.2, -0.15) is 5.26 Å². The van der Waals surface area contributed by atoms with Crippen LogP contribution in [0.5, 0.6) is 0 Å². The second kappa shape index (κ2) is 6.72. The molecule has 0 unspecified atom stereocenters. The molecule has 2 rings (SSSR count). The molecule has 0 saturated heterocycles. The highest BCUT2D eigenvalue weighted by Gasteiger charge is 2.35. The minimum absolute atomic E-state index is 0.414. The number of amides is 1. The van der Waals surface area contributed by atoms with Gasteiger partial charge < -0.3 is 10.1 Å². The maximum atomic E-state index is 12.1. The maximum absolute atomic E-state index is 12.1. The summed E-state index contributed by atoms with van der Waals surface area (Å²) in [6.45, 7) is 1.52. The van der Waals surface area contributed by atoms with Crippen LogP contribution in [0.3, 0.4) is 0 Å². The van der Waals surface area contributed by atoms with E-state index in [0.717, 1.165) is 19.3 Å². The Morgan fingerprint density at radius 2 is 2.14 bits per heavy atom. The molecule has 1 saturated carbocycles. The third kappa shape index (κ3) is 3.82. The normalized spacial score (nSPS) is 18.3. The lowest BCUT2D eigenvalue weighted by atomic mass is 9.83. The summed E-state index contributed by atoms with van der Waals surface area (Å²) in [6, 6.07) is 5.61.